The molecule has 0 saturated carbocycles. The van der Waals surface area contributed by atoms with Gasteiger partial charge in [0.25, 0.3) is 0 Å². The summed E-state index contributed by atoms with van der Waals surface area (Å²) in [5.41, 5.74) is 3.29. The van der Waals surface area contributed by atoms with Crippen molar-refractivity contribution in [2.45, 2.75) is 19.1 Å². The highest BCUT2D eigenvalue weighted by Gasteiger charge is 2.17. The van der Waals surface area contributed by atoms with Crippen LogP contribution in [-0.2, 0) is 17.8 Å². The van der Waals surface area contributed by atoms with Crippen molar-refractivity contribution in [3.63, 3.8) is 0 Å². The van der Waals surface area contributed by atoms with Crippen LogP contribution < -0.4 is 14.8 Å². The van der Waals surface area contributed by atoms with Crippen LogP contribution >= 0.6 is 0 Å². The third-order valence-electron chi connectivity index (χ3n) is 4.08. The highest BCUT2D eigenvalue weighted by atomic mass is 16.5. The summed E-state index contributed by atoms with van der Waals surface area (Å²) in [6.45, 7) is -0.105. The molecule has 6 nitrogen and oxygen atoms in total. The quantitative estimate of drug-likeness (QED) is 0.679. The van der Waals surface area contributed by atoms with Gasteiger partial charge in [0.2, 0.25) is 0 Å². The number of methoxy groups -OCH3 is 2. The third-order valence-corrected chi connectivity index (χ3v) is 4.08. The van der Waals surface area contributed by atoms with Crippen molar-refractivity contribution in [3.8, 4) is 22.6 Å². The molecule has 3 N–H and O–H groups in total. The predicted octanol–water partition coefficient (Wildman–Crippen LogP) is 2.08. The lowest BCUT2D eigenvalue weighted by molar-refractivity contribution is -0.139. The van der Waals surface area contributed by atoms with Crippen molar-refractivity contribution < 1.29 is 24.5 Å². The highest BCUT2D eigenvalue weighted by molar-refractivity contribution is 5.78. The maximum atomic E-state index is 11.1. The van der Waals surface area contributed by atoms with Crippen LogP contribution in [0.5, 0.6) is 11.5 Å². The summed E-state index contributed by atoms with van der Waals surface area (Å²) in [7, 11) is 4.77. The smallest absolute Gasteiger partial charge is 0.321 e. The molecule has 0 amide bonds. The van der Waals surface area contributed by atoms with Crippen LogP contribution in [0.25, 0.3) is 11.1 Å². The fourth-order valence-electron chi connectivity index (χ4n) is 2.70. The minimum absolute atomic E-state index is 0.105. The van der Waals surface area contributed by atoms with Gasteiger partial charge in [-0.3, -0.25) is 4.79 Å². The number of rotatable bonds is 8. The van der Waals surface area contributed by atoms with Gasteiger partial charge in [0.1, 0.15) is 17.5 Å². The van der Waals surface area contributed by atoms with Crippen LogP contribution in [0.3, 0.4) is 0 Å². The number of aliphatic carboxylic acids is 1. The molecule has 0 spiro atoms. The Labute approximate surface area is 147 Å². The first-order chi connectivity index (χ1) is 12.0. The summed E-state index contributed by atoms with van der Waals surface area (Å²) in [6, 6.07) is 10.5. The number of nitrogens with one attached hydrogen (secondary N) is 1. The van der Waals surface area contributed by atoms with Crippen molar-refractivity contribution in [2.75, 3.05) is 21.3 Å². The number of hydrogen-bond acceptors (Lipinski definition) is 5. The average molecular weight is 345 g/mol. The Bertz CT molecular complexity index is 702. The van der Waals surface area contributed by atoms with Gasteiger partial charge in [-0.2, -0.15) is 0 Å². The van der Waals surface area contributed by atoms with E-state index in [1.54, 1.807) is 33.4 Å². The number of likely N-dealkylation sites (N-methyl/N-ethyl adjacent to an activating group) is 1. The molecule has 1 unspecified atom stereocenters. The summed E-state index contributed by atoms with van der Waals surface area (Å²) in [5, 5.41) is 21.3. The molecule has 0 heterocycles. The number of hydrogen-bond donors (Lipinski definition) is 3. The lowest BCUT2D eigenvalue weighted by atomic mass is 9.98. The molecule has 6 heteroatoms. The Kier molecular flexibility index (Phi) is 6.38. The summed E-state index contributed by atoms with van der Waals surface area (Å²) in [5.74, 6) is 0.332. The summed E-state index contributed by atoms with van der Waals surface area (Å²) >= 11 is 0. The van der Waals surface area contributed by atoms with Crippen LogP contribution in [0.15, 0.2) is 36.4 Å². The average Bonchev–Trinajstić information content (AvgIpc) is 2.65. The summed E-state index contributed by atoms with van der Waals surface area (Å²) < 4.78 is 10.9. The fourth-order valence-corrected chi connectivity index (χ4v) is 2.70. The van der Waals surface area contributed by atoms with Crippen LogP contribution in [0.4, 0.5) is 0 Å². The lowest BCUT2D eigenvalue weighted by Gasteiger charge is -2.16. The molecule has 2 rings (SSSR count). The second-order valence-corrected chi connectivity index (χ2v) is 5.61. The molecular weight excluding hydrogens is 322 g/mol. The van der Waals surface area contributed by atoms with Gasteiger partial charge in [0.05, 0.1) is 26.4 Å². The van der Waals surface area contributed by atoms with Crippen molar-refractivity contribution >= 4 is 5.97 Å². The normalized spacial score (nSPS) is 11.8. The highest BCUT2D eigenvalue weighted by Crippen LogP contribution is 2.39. The standard InChI is InChI=1S/C19H23NO5/c1-20-15(19(22)23)8-12-4-6-14(7-5-12)18-16(24-2)9-13(11-21)10-17(18)25-3/h4-7,9-10,15,20-21H,8,11H2,1-3H3,(H,22,23). The number of aliphatic hydroxyl groups is 1. The van der Waals surface area contributed by atoms with Gasteiger partial charge in [-0.25, -0.2) is 0 Å². The number of ether oxygens (including phenoxy) is 2. The van der Waals surface area contributed by atoms with Gasteiger partial charge in [0.15, 0.2) is 0 Å². The maximum Gasteiger partial charge on any atom is 0.321 e. The molecule has 0 aromatic heterocycles. The Morgan fingerprint density at radius 1 is 1.08 bits per heavy atom. The zero-order valence-electron chi connectivity index (χ0n) is 14.6. The monoisotopic (exact) mass is 345 g/mol. The molecule has 2 aromatic carbocycles. The number of aliphatic hydroxyl groups excluding tert-OH is 1. The fraction of sp³-hybridized carbons (Fsp3) is 0.316. The van der Waals surface area contributed by atoms with Crippen molar-refractivity contribution in [1.82, 2.24) is 5.32 Å². The minimum atomic E-state index is -0.880. The van der Waals surface area contributed by atoms with Gasteiger partial charge in [-0.05, 0) is 42.3 Å². The van der Waals surface area contributed by atoms with E-state index in [-0.39, 0.29) is 6.61 Å². The topological polar surface area (TPSA) is 88.0 Å². The van der Waals surface area contributed by atoms with Gasteiger partial charge in [0, 0.05) is 0 Å². The SMILES string of the molecule is CNC(Cc1ccc(-c2c(OC)cc(CO)cc2OC)cc1)C(=O)O. The largest absolute Gasteiger partial charge is 0.496 e. The van der Waals surface area contributed by atoms with E-state index in [4.69, 9.17) is 14.6 Å². The van der Waals surface area contributed by atoms with Crippen molar-refractivity contribution in [1.29, 1.82) is 0 Å². The molecule has 0 fully saturated rings. The Morgan fingerprint density at radius 2 is 1.64 bits per heavy atom. The first kappa shape index (κ1) is 18.8. The predicted molar refractivity (Wildman–Crippen MR) is 95.1 cm³/mol. The molecule has 0 bridgehead atoms. The summed E-state index contributed by atoms with van der Waals surface area (Å²) in [6.07, 6.45) is 0.393. The maximum absolute atomic E-state index is 11.1. The third kappa shape index (κ3) is 4.29. The second kappa shape index (κ2) is 8.50. The van der Waals surface area contributed by atoms with Crippen LogP contribution in [-0.4, -0.2) is 43.5 Å². The molecule has 134 valence electrons. The Morgan fingerprint density at radius 3 is 2.04 bits per heavy atom. The van der Waals surface area contributed by atoms with E-state index in [1.165, 1.54) is 0 Å². The van der Waals surface area contributed by atoms with Crippen molar-refractivity contribution in [2.24, 2.45) is 0 Å². The summed E-state index contributed by atoms with van der Waals surface area (Å²) in [4.78, 5) is 11.1. The molecule has 0 aliphatic rings. The molecule has 0 saturated heterocycles. The lowest BCUT2D eigenvalue weighted by Crippen LogP contribution is -2.35. The second-order valence-electron chi connectivity index (χ2n) is 5.61. The van der Waals surface area contributed by atoms with E-state index in [9.17, 15) is 9.90 Å². The van der Waals surface area contributed by atoms with Crippen LogP contribution in [0.1, 0.15) is 11.1 Å². The van der Waals surface area contributed by atoms with E-state index in [0.717, 1.165) is 16.7 Å². The van der Waals surface area contributed by atoms with Crippen molar-refractivity contribution in [3.05, 3.63) is 47.5 Å². The number of carboxylic acid groups (broad SMARTS) is 1. The number of carboxylic acids is 1. The van der Waals surface area contributed by atoms with E-state index in [1.807, 2.05) is 24.3 Å². The van der Waals surface area contributed by atoms with E-state index in [0.29, 0.717) is 23.5 Å². The number of benzene rings is 2. The van der Waals surface area contributed by atoms with Crippen LogP contribution in [0.2, 0.25) is 0 Å². The number of carbonyl (C=O) groups is 1. The van der Waals surface area contributed by atoms with E-state index in [2.05, 4.69) is 5.32 Å². The minimum Gasteiger partial charge on any atom is -0.496 e. The van der Waals surface area contributed by atoms with Gasteiger partial charge in [-0.1, -0.05) is 24.3 Å². The zero-order chi connectivity index (χ0) is 18.4. The van der Waals surface area contributed by atoms with E-state index >= 15 is 0 Å². The molecule has 0 aliphatic heterocycles. The van der Waals surface area contributed by atoms with Gasteiger partial charge < -0.3 is 25.0 Å². The Hall–Kier alpha value is -2.57. The molecule has 2 aromatic rings. The Balaban J connectivity index is 2.38. The first-order valence-electron chi connectivity index (χ1n) is 7.89. The zero-order valence-corrected chi connectivity index (χ0v) is 14.6. The molecule has 0 radical (unpaired) electrons. The molecule has 0 aliphatic carbocycles. The van der Waals surface area contributed by atoms with E-state index < -0.39 is 12.0 Å². The van der Waals surface area contributed by atoms with Gasteiger partial charge in [-0.15, -0.1) is 0 Å². The molecular formula is C19H23NO5. The molecule has 25 heavy (non-hydrogen) atoms. The van der Waals surface area contributed by atoms with Crippen LogP contribution in [0, 0.1) is 0 Å². The first-order valence-corrected chi connectivity index (χ1v) is 7.89. The van der Waals surface area contributed by atoms with Gasteiger partial charge >= 0.3 is 5.97 Å². The molecule has 1 atom stereocenters.